The Kier molecular flexibility index (Phi) is 5.23. The molecule has 3 aromatic rings. The Balaban J connectivity index is 1.48. The second-order valence-electron chi connectivity index (χ2n) is 5.71. The van der Waals surface area contributed by atoms with Crippen LogP contribution in [-0.4, -0.2) is 22.1 Å². The molecule has 25 heavy (non-hydrogen) atoms. The summed E-state index contributed by atoms with van der Waals surface area (Å²) in [7, 11) is 0. The molecule has 0 aliphatic carbocycles. The van der Waals surface area contributed by atoms with Crippen molar-refractivity contribution >= 4 is 23.1 Å². The second-order valence-corrected chi connectivity index (χ2v) is 5.71. The molecule has 0 atom stereocenters. The summed E-state index contributed by atoms with van der Waals surface area (Å²) < 4.78 is 20.1. The van der Waals surface area contributed by atoms with E-state index >= 15 is 0 Å². The Morgan fingerprint density at radius 1 is 1.20 bits per heavy atom. The van der Waals surface area contributed by atoms with Gasteiger partial charge >= 0.3 is 5.97 Å². The molecule has 1 aromatic heterocycles. The van der Waals surface area contributed by atoms with Crippen LogP contribution in [0.4, 0.5) is 4.39 Å². The van der Waals surface area contributed by atoms with Gasteiger partial charge in [-0.05, 0) is 49.2 Å². The highest BCUT2D eigenvalue weighted by atomic mass is 19.1. The first kappa shape index (κ1) is 16.9. The van der Waals surface area contributed by atoms with Crippen molar-refractivity contribution in [1.29, 1.82) is 0 Å². The van der Waals surface area contributed by atoms with Crippen molar-refractivity contribution in [3.05, 3.63) is 71.8 Å². The van der Waals surface area contributed by atoms with Gasteiger partial charge in [-0.15, -0.1) is 0 Å². The lowest BCUT2D eigenvalue weighted by atomic mass is 10.2. The van der Waals surface area contributed by atoms with Crippen LogP contribution in [0.25, 0.3) is 17.1 Å². The number of hydrogen-bond donors (Lipinski definition) is 0. The van der Waals surface area contributed by atoms with Gasteiger partial charge in [-0.25, -0.2) is 14.2 Å². The van der Waals surface area contributed by atoms with Crippen molar-refractivity contribution in [2.45, 2.75) is 19.9 Å². The zero-order chi connectivity index (χ0) is 17.6. The van der Waals surface area contributed by atoms with Crippen LogP contribution in [0.3, 0.4) is 0 Å². The van der Waals surface area contributed by atoms with Gasteiger partial charge in [-0.1, -0.05) is 24.3 Å². The number of hydrogen-bond acceptors (Lipinski definition) is 3. The number of benzene rings is 2. The number of carbonyl (C=O) groups excluding carboxylic acids is 1. The van der Waals surface area contributed by atoms with E-state index in [1.54, 1.807) is 18.2 Å². The molecular formula is C20H19FN2O2. The molecular weight excluding hydrogens is 319 g/mol. The van der Waals surface area contributed by atoms with Crippen molar-refractivity contribution in [2.75, 3.05) is 6.61 Å². The quantitative estimate of drug-likeness (QED) is 0.386. The van der Waals surface area contributed by atoms with E-state index in [4.69, 9.17) is 4.74 Å². The fraction of sp³-hybridized carbons (Fsp3) is 0.200. The molecule has 0 radical (unpaired) electrons. The topological polar surface area (TPSA) is 44.1 Å². The summed E-state index contributed by atoms with van der Waals surface area (Å²) in [5, 5.41) is 0. The van der Waals surface area contributed by atoms with Gasteiger partial charge in [-0.2, -0.15) is 0 Å². The normalized spacial score (nSPS) is 11.3. The average molecular weight is 338 g/mol. The Hall–Kier alpha value is -2.95. The molecule has 1 heterocycles. The summed E-state index contributed by atoms with van der Waals surface area (Å²) in [5.41, 5.74) is 2.81. The van der Waals surface area contributed by atoms with Crippen LogP contribution >= 0.6 is 0 Å². The molecule has 3 rings (SSSR count). The van der Waals surface area contributed by atoms with E-state index in [1.165, 1.54) is 18.2 Å². The van der Waals surface area contributed by atoms with Gasteiger partial charge in [0.05, 0.1) is 17.6 Å². The molecule has 0 aliphatic rings. The first-order valence-electron chi connectivity index (χ1n) is 8.16. The van der Waals surface area contributed by atoms with Crippen molar-refractivity contribution in [1.82, 2.24) is 9.55 Å². The lowest BCUT2D eigenvalue weighted by Gasteiger charge is -2.07. The Bertz CT molecular complexity index is 898. The van der Waals surface area contributed by atoms with E-state index in [1.807, 2.05) is 31.2 Å². The van der Waals surface area contributed by atoms with Crippen LogP contribution in [0, 0.1) is 12.7 Å². The molecule has 0 bridgehead atoms. The molecule has 0 amide bonds. The van der Waals surface area contributed by atoms with E-state index in [0.29, 0.717) is 13.0 Å². The lowest BCUT2D eigenvalue weighted by molar-refractivity contribution is -0.137. The van der Waals surface area contributed by atoms with Crippen LogP contribution in [0.5, 0.6) is 0 Å². The van der Waals surface area contributed by atoms with Gasteiger partial charge in [0.1, 0.15) is 11.6 Å². The van der Waals surface area contributed by atoms with E-state index in [-0.39, 0.29) is 5.82 Å². The summed E-state index contributed by atoms with van der Waals surface area (Å²) >= 11 is 0. The zero-order valence-electron chi connectivity index (χ0n) is 14.0. The van der Waals surface area contributed by atoms with Gasteiger partial charge < -0.3 is 9.30 Å². The number of esters is 1. The van der Waals surface area contributed by atoms with Crippen LogP contribution < -0.4 is 0 Å². The van der Waals surface area contributed by atoms with Crippen LogP contribution in [0.2, 0.25) is 0 Å². The molecule has 5 heteroatoms. The highest BCUT2D eigenvalue weighted by Crippen LogP contribution is 2.15. The van der Waals surface area contributed by atoms with Gasteiger partial charge in [0, 0.05) is 12.6 Å². The van der Waals surface area contributed by atoms with Crippen LogP contribution in [0.15, 0.2) is 54.6 Å². The van der Waals surface area contributed by atoms with Gasteiger partial charge in [-0.3, -0.25) is 0 Å². The van der Waals surface area contributed by atoms with E-state index < -0.39 is 5.97 Å². The highest BCUT2D eigenvalue weighted by molar-refractivity contribution is 5.87. The summed E-state index contributed by atoms with van der Waals surface area (Å²) in [4.78, 5) is 16.2. The Morgan fingerprint density at radius 3 is 2.76 bits per heavy atom. The van der Waals surface area contributed by atoms with Crippen molar-refractivity contribution in [3.63, 3.8) is 0 Å². The standard InChI is InChI=1S/C20H19FN2O2/c1-15-22-18-5-2-3-6-19(18)23(15)13-4-14-25-20(24)12-9-16-7-10-17(21)11-8-16/h2-3,5-12H,4,13-14H2,1H3. The summed E-state index contributed by atoms with van der Waals surface area (Å²) in [6, 6.07) is 13.9. The number of halogens is 1. The molecule has 4 nitrogen and oxygen atoms in total. The first-order valence-corrected chi connectivity index (χ1v) is 8.16. The number of fused-ring (bicyclic) bond motifs is 1. The third-order valence-electron chi connectivity index (χ3n) is 3.90. The number of imidazole rings is 1. The zero-order valence-corrected chi connectivity index (χ0v) is 14.0. The number of carbonyl (C=O) groups is 1. The van der Waals surface area contributed by atoms with Crippen molar-refractivity contribution in [2.24, 2.45) is 0 Å². The third-order valence-corrected chi connectivity index (χ3v) is 3.90. The molecule has 0 saturated carbocycles. The summed E-state index contributed by atoms with van der Waals surface area (Å²) in [6.07, 6.45) is 3.66. The minimum absolute atomic E-state index is 0.304. The monoisotopic (exact) mass is 338 g/mol. The Morgan fingerprint density at radius 2 is 1.96 bits per heavy atom. The fourth-order valence-electron chi connectivity index (χ4n) is 2.66. The maximum absolute atomic E-state index is 12.8. The van der Waals surface area contributed by atoms with E-state index in [9.17, 15) is 9.18 Å². The van der Waals surface area contributed by atoms with Crippen LogP contribution in [-0.2, 0) is 16.1 Å². The molecule has 0 aliphatic heterocycles. The molecule has 0 spiro atoms. The lowest BCUT2D eigenvalue weighted by Crippen LogP contribution is -2.07. The number of aryl methyl sites for hydroxylation is 2. The minimum atomic E-state index is -0.406. The van der Waals surface area contributed by atoms with Crippen LogP contribution in [0.1, 0.15) is 17.8 Å². The van der Waals surface area contributed by atoms with Crippen molar-refractivity contribution < 1.29 is 13.9 Å². The molecule has 0 unspecified atom stereocenters. The van der Waals surface area contributed by atoms with E-state index in [2.05, 4.69) is 9.55 Å². The largest absolute Gasteiger partial charge is 0.462 e. The van der Waals surface area contributed by atoms with Gasteiger partial charge in [0.25, 0.3) is 0 Å². The first-order chi connectivity index (χ1) is 12.1. The Labute approximate surface area is 145 Å². The minimum Gasteiger partial charge on any atom is -0.462 e. The predicted octanol–water partition coefficient (Wildman–Crippen LogP) is 4.13. The van der Waals surface area contributed by atoms with Crippen molar-refractivity contribution in [3.8, 4) is 0 Å². The van der Waals surface area contributed by atoms with Gasteiger partial charge in [0.2, 0.25) is 0 Å². The molecule has 2 aromatic carbocycles. The summed E-state index contributed by atoms with van der Waals surface area (Å²) in [6.45, 7) is 3.04. The fourth-order valence-corrected chi connectivity index (χ4v) is 2.66. The smallest absolute Gasteiger partial charge is 0.330 e. The number of ether oxygens (including phenoxy) is 1. The number of aromatic nitrogens is 2. The molecule has 0 fully saturated rings. The predicted molar refractivity (Wildman–Crippen MR) is 95.5 cm³/mol. The molecule has 0 N–H and O–H groups in total. The third kappa shape index (κ3) is 4.32. The SMILES string of the molecule is Cc1nc2ccccc2n1CCCOC(=O)C=Cc1ccc(F)cc1. The maximum atomic E-state index is 12.8. The number of rotatable bonds is 6. The summed E-state index contributed by atoms with van der Waals surface area (Å²) in [5.74, 6) is 0.238. The average Bonchev–Trinajstić information content (AvgIpc) is 2.93. The second kappa shape index (κ2) is 7.75. The maximum Gasteiger partial charge on any atom is 0.330 e. The molecule has 0 saturated heterocycles. The van der Waals surface area contributed by atoms with Gasteiger partial charge in [0.15, 0.2) is 0 Å². The molecule has 128 valence electrons. The number of para-hydroxylation sites is 2. The van der Waals surface area contributed by atoms with E-state index in [0.717, 1.165) is 29.0 Å². The highest BCUT2D eigenvalue weighted by Gasteiger charge is 2.06. The number of nitrogens with zero attached hydrogens (tertiary/aromatic N) is 2.